The fourth-order valence-electron chi connectivity index (χ4n) is 1.76. The molecular weight excluding hydrogens is 218 g/mol. The molecule has 78 valence electrons. The largest absolute Gasteiger partial charge is 0.322 e. The van der Waals surface area contributed by atoms with Crippen molar-refractivity contribution in [2.75, 3.05) is 0 Å². The summed E-state index contributed by atoms with van der Waals surface area (Å²) in [6, 6.07) is 11.6. The minimum absolute atomic E-state index is 0.0595. The number of benzene rings is 1. The first kappa shape index (κ1) is 9.36. The molecule has 0 atom stereocenters. The first-order chi connectivity index (χ1) is 7.83. The Morgan fingerprint density at radius 3 is 2.75 bits per heavy atom. The number of aromatic amines is 1. The normalized spacial score (nSPS) is 10.8. The smallest absolute Gasteiger partial charge is 0.248 e. The van der Waals surface area contributed by atoms with Crippen LogP contribution in [0.2, 0.25) is 0 Å². The fourth-order valence-corrected chi connectivity index (χ4v) is 2.43. The van der Waals surface area contributed by atoms with Gasteiger partial charge in [-0.15, -0.1) is 0 Å². The van der Waals surface area contributed by atoms with E-state index in [-0.39, 0.29) is 5.56 Å². The van der Waals surface area contributed by atoms with E-state index < -0.39 is 0 Å². The van der Waals surface area contributed by atoms with Crippen LogP contribution in [0, 0.1) is 0 Å². The standard InChI is InChI=1S/C13H9NOS/c15-13-4-2-10-7-9(1-3-12(10)14-13)11-5-6-16-8-11/h1-8H,(H,14,15). The molecule has 0 fully saturated rings. The molecule has 0 bridgehead atoms. The number of aromatic nitrogens is 1. The third kappa shape index (κ3) is 1.55. The molecule has 3 rings (SSSR count). The van der Waals surface area contributed by atoms with Gasteiger partial charge in [0.05, 0.1) is 0 Å². The lowest BCUT2D eigenvalue weighted by Crippen LogP contribution is -2.01. The molecule has 0 aliphatic carbocycles. The molecular formula is C13H9NOS. The van der Waals surface area contributed by atoms with Gasteiger partial charge in [0.2, 0.25) is 5.56 Å². The molecule has 3 aromatic rings. The second-order valence-corrected chi connectivity index (χ2v) is 4.42. The highest BCUT2D eigenvalue weighted by Crippen LogP contribution is 2.24. The van der Waals surface area contributed by atoms with Crippen LogP contribution >= 0.6 is 11.3 Å². The lowest BCUT2D eigenvalue weighted by atomic mass is 10.1. The Balaban J connectivity index is 2.24. The lowest BCUT2D eigenvalue weighted by molar-refractivity contribution is 1.31. The molecule has 0 amide bonds. The Morgan fingerprint density at radius 2 is 1.94 bits per heavy atom. The van der Waals surface area contributed by atoms with Crippen LogP contribution in [0.5, 0.6) is 0 Å². The van der Waals surface area contributed by atoms with Gasteiger partial charge in [0.15, 0.2) is 0 Å². The fraction of sp³-hybridized carbons (Fsp3) is 0. The number of hydrogen-bond acceptors (Lipinski definition) is 2. The molecule has 0 aliphatic rings. The quantitative estimate of drug-likeness (QED) is 0.680. The van der Waals surface area contributed by atoms with Crippen molar-refractivity contribution in [3.8, 4) is 11.1 Å². The second-order valence-electron chi connectivity index (χ2n) is 3.64. The predicted octanol–water partition coefficient (Wildman–Crippen LogP) is 3.26. The van der Waals surface area contributed by atoms with Crippen molar-refractivity contribution in [1.29, 1.82) is 0 Å². The van der Waals surface area contributed by atoms with Crippen molar-refractivity contribution >= 4 is 22.2 Å². The van der Waals surface area contributed by atoms with Crippen LogP contribution in [-0.4, -0.2) is 4.98 Å². The molecule has 0 unspecified atom stereocenters. The highest BCUT2D eigenvalue weighted by molar-refractivity contribution is 7.08. The lowest BCUT2D eigenvalue weighted by Gasteiger charge is -2.01. The van der Waals surface area contributed by atoms with Gasteiger partial charge in [-0.2, -0.15) is 11.3 Å². The van der Waals surface area contributed by atoms with Crippen LogP contribution < -0.4 is 5.56 Å². The van der Waals surface area contributed by atoms with Crippen molar-refractivity contribution in [3.05, 3.63) is 57.5 Å². The van der Waals surface area contributed by atoms with Crippen molar-refractivity contribution < 1.29 is 0 Å². The summed E-state index contributed by atoms with van der Waals surface area (Å²) in [6.45, 7) is 0. The van der Waals surface area contributed by atoms with Crippen LogP contribution in [-0.2, 0) is 0 Å². The zero-order chi connectivity index (χ0) is 11.0. The summed E-state index contributed by atoms with van der Waals surface area (Å²) in [4.78, 5) is 14.0. The first-order valence-corrected chi connectivity index (χ1v) is 5.93. The molecule has 2 aromatic heterocycles. The van der Waals surface area contributed by atoms with Crippen molar-refractivity contribution in [3.63, 3.8) is 0 Å². The topological polar surface area (TPSA) is 32.9 Å². The Hall–Kier alpha value is -1.87. The van der Waals surface area contributed by atoms with E-state index in [4.69, 9.17) is 0 Å². The summed E-state index contributed by atoms with van der Waals surface area (Å²) in [7, 11) is 0. The number of hydrogen-bond donors (Lipinski definition) is 1. The Labute approximate surface area is 96.2 Å². The summed E-state index contributed by atoms with van der Waals surface area (Å²) in [5.41, 5.74) is 3.22. The Morgan fingerprint density at radius 1 is 1.00 bits per heavy atom. The van der Waals surface area contributed by atoms with E-state index in [2.05, 4.69) is 27.9 Å². The molecule has 0 saturated heterocycles. The third-order valence-corrected chi connectivity index (χ3v) is 3.26. The van der Waals surface area contributed by atoms with Gasteiger partial charge >= 0.3 is 0 Å². The molecule has 0 spiro atoms. The van der Waals surface area contributed by atoms with Gasteiger partial charge < -0.3 is 4.98 Å². The molecule has 0 aliphatic heterocycles. The van der Waals surface area contributed by atoms with Gasteiger partial charge in [0, 0.05) is 11.6 Å². The highest BCUT2D eigenvalue weighted by atomic mass is 32.1. The molecule has 2 nitrogen and oxygen atoms in total. The average molecular weight is 227 g/mol. The summed E-state index contributed by atoms with van der Waals surface area (Å²) in [5.74, 6) is 0. The van der Waals surface area contributed by atoms with Crippen molar-refractivity contribution in [2.24, 2.45) is 0 Å². The summed E-state index contributed by atoms with van der Waals surface area (Å²) in [6.07, 6.45) is 0. The van der Waals surface area contributed by atoms with Crippen LogP contribution in [0.15, 0.2) is 52.0 Å². The maximum Gasteiger partial charge on any atom is 0.248 e. The zero-order valence-electron chi connectivity index (χ0n) is 8.44. The van der Waals surface area contributed by atoms with Crippen LogP contribution in [0.4, 0.5) is 0 Å². The van der Waals surface area contributed by atoms with Crippen LogP contribution in [0.3, 0.4) is 0 Å². The number of pyridine rings is 1. The minimum atomic E-state index is -0.0595. The predicted molar refractivity (Wildman–Crippen MR) is 67.9 cm³/mol. The van der Waals surface area contributed by atoms with Gasteiger partial charge in [0.25, 0.3) is 0 Å². The number of rotatable bonds is 1. The van der Waals surface area contributed by atoms with E-state index in [0.717, 1.165) is 10.9 Å². The molecule has 2 heterocycles. The molecule has 3 heteroatoms. The first-order valence-electron chi connectivity index (χ1n) is 4.98. The van der Waals surface area contributed by atoms with Crippen LogP contribution in [0.1, 0.15) is 0 Å². The zero-order valence-corrected chi connectivity index (χ0v) is 9.25. The molecule has 1 N–H and O–H groups in total. The maximum absolute atomic E-state index is 11.1. The Bertz CT molecular complexity index is 682. The van der Waals surface area contributed by atoms with E-state index in [1.165, 1.54) is 11.1 Å². The number of nitrogens with one attached hydrogen (secondary N) is 1. The number of thiophene rings is 1. The molecule has 16 heavy (non-hydrogen) atoms. The molecule has 0 radical (unpaired) electrons. The van der Waals surface area contributed by atoms with Gasteiger partial charge in [0.1, 0.15) is 0 Å². The summed E-state index contributed by atoms with van der Waals surface area (Å²) >= 11 is 1.68. The number of fused-ring (bicyclic) bond motifs is 1. The van der Waals surface area contributed by atoms with E-state index in [9.17, 15) is 4.79 Å². The summed E-state index contributed by atoms with van der Waals surface area (Å²) in [5, 5.41) is 5.24. The van der Waals surface area contributed by atoms with Gasteiger partial charge in [-0.05, 0) is 51.5 Å². The maximum atomic E-state index is 11.1. The SMILES string of the molecule is O=c1ccc2cc(-c3ccsc3)ccc2[nH]1. The highest BCUT2D eigenvalue weighted by Gasteiger charge is 2.00. The van der Waals surface area contributed by atoms with Gasteiger partial charge in [-0.1, -0.05) is 6.07 Å². The van der Waals surface area contributed by atoms with E-state index in [1.807, 2.05) is 18.2 Å². The summed E-state index contributed by atoms with van der Waals surface area (Å²) < 4.78 is 0. The number of H-pyrrole nitrogens is 1. The van der Waals surface area contributed by atoms with E-state index in [1.54, 1.807) is 17.4 Å². The molecule has 0 saturated carbocycles. The van der Waals surface area contributed by atoms with E-state index >= 15 is 0 Å². The Kier molecular flexibility index (Phi) is 2.11. The third-order valence-electron chi connectivity index (χ3n) is 2.58. The molecule has 1 aromatic carbocycles. The second kappa shape index (κ2) is 3.61. The van der Waals surface area contributed by atoms with Gasteiger partial charge in [-0.25, -0.2) is 0 Å². The monoisotopic (exact) mass is 227 g/mol. The van der Waals surface area contributed by atoms with Crippen molar-refractivity contribution in [2.45, 2.75) is 0 Å². The minimum Gasteiger partial charge on any atom is -0.322 e. The van der Waals surface area contributed by atoms with Crippen molar-refractivity contribution in [1.82, 2.24) is 4.98 Å². The van der Waals surface area contributed by atoms with Crippen LogP contribution in [0.25, 0.3) is 22.0 Å². The van der Waals surface area contributed by atoms with Gasteiger partial charge in [-0.3, -0.25) is 4.79 Å². The average Bonchev–Trinajstić information content (AvgIpc) is 2.82. The van der Waals surface area contributed by atoms with E-state index in [0.29, 0.717) is 0 Å².